The lowest BCUT2D eigenvalue weighted by Crippen LogP contribution is -2.31. The van der Waals surface area contributed by atoms with Crippen LogP contribution in [0.1, 0.15) is 56.7 Å². The molecule has 1 saturated heterocycles. The van der Waals surface area contributed by atoms with E-state index in [1.165, 1.54) is 0 Å². The average molecular weight is 380 g/mol. The third-order valence-corrected chi connectivity index (χ3v) is 5.01. The van der Waals surface area contributed by atoms with Crippen molar-refractivity contribution in [2.75, 3.05) is 6.54 Å². The summed E-state index contributed by atoms with van der Waals surface area (Å²) in [6.07, 6.45) is 10.9. The zero-order chi connectivity index (χ0) is 19.5. The zero-order valence-corrected chi connectivity index (χ0v) is 16.1. The summed E-state index contributed by atoms with van der Waals surface area (Å²) >= 11 is 0. The molecule has 1 aliphatic heterocycles. The molecule has 0 radical (unpaired) electrons. The molecule has 0 saturated carbocycles. The van der Waals surface area contributed by atoms with E-state index in [0.29, 0.717) is 36.2 Å². The van der Waals surface area contributed by atoms with Crippen LogP contribution in [0.25, 0.3) is 11.5 Å². The third-order valence-electron chi connectivity index (χ3n) is 5.01. The van der Waals surface area contributed by atoms with Gasteiger partial charge in [0.05, 0.1) is 12.2 Å². The maximum atomic E-state index is 12.9. The number of hydrogen-bond donors (Lipinski definition) is 1. The molecule has 1 N–H and O–H groups in total. The third kappa shape index (κ3) is 3.64. The van der Waals surface area contributed by atoms with Gasteiger partial charge in [0, 0.05) is 50.2 Å². The van der Waals surface area contributed by atoms with Gasteiger partial charge in [0.1, 0.15) is 17.3 Å². The zero-order valence-electron chi connectivity index (χ0n) is 16.1. The van der Waals surface area contributed by atoms with E-state index in [0.717, 1.165) is 25.2 Å². The van der Waals surface area contributed by atoms with Crippen molar-refractivity contribution in [2.45, 2.75) is 51.6 Å². The molecule has 1 amide bonds. The molecule has 4 rings (SSSR count). The van der Waals surface area contributed by atoms with E-state index >= 15 is 0 Å². The molecular formula is C19H24N8O. The molecule has 1 aliphatic rings. The van der Waals surface area contributed by atoms with Gasteiger partial charge >= 0.3 is 0 Å². The fourth-order valence-corrected chi connectivity index (χ4v) is 3.67. The van der Waals surface area contributed by atoms with Crippen molar-refractivity contribution in [3.8, 4) is 11.5 Å². The first-order valence-electron chi connectivity index (χ1n) is 9.62. The van der Waals surface area contributed by atoms with Crippen molar-refractivity contribution in [3.63, 3.8) is 0 Å². The summed E-state index contributed by atoms with van der Waals surface area (Å²) in [7, 11) is 0. The number of likely N-dealkylation sites (tertiary alicyclic amines) is 1. The highest BCUT2D eigenvalue weighted by atomic mass is 16.2. The Balaban J connectivity index is 1.44. The first-order chi connectivity index (χ1) is 13.6. The fourth-order valence-electron chi connectivity index (χ4n) is 3.67. The molecule has 3 aromatic rings. The van der Waals surface area contributed by atoms with E-state index in [9.17, 15) is 4.79 Å². The number of carbonyl (C=O) groups excluding carboxylic acids is 1. The number of nitrogens with zero attached hydrogens (tertiary/aromatic N) is 7. The van der Waals surface area contributed by atoms with Crippen LogP contribution in [-0.4, -0.2) is 52.1 Å². The van der Waals surface area contributed by atoms with E-state index in [-0.39, 0.29) is 11.9 Å². The average Bonchev–Trinajstić information content (AvgIpc) is 3.46. The lowest BCUT2D eigenvalue weighted by molar-refractivity contribution is -0.132. The molecule has 0 aliphatic carbocycles. The molecule has 3 aromatic heterocycles. The minimum absolute atomic E-state index is 0.0715. The van der Waals surface area contributed by atoms with Gasteiger partial charge in [-0.05, 0) is 12.8 Å². The maximum Gasteiger partial charge on any atom is 0.224 e. The number of carbonyl (C=O) groups is 1. The summed E-state index contributed by atoms with van der Waals surface area (Å²) in [5.74, 6) is 2.68. The predicted molar refractivity (Wildman–Crippen MR) is 102 cm³/mol. The summed E-state index contributed by atoms with van der Waals surface area (Å²) < 4.78 is 2.06. The molecule has 1 atom stereocenters. The van der Waals surface area contributed by atoms with Crippen LogP contribution in [0.15, 0.2) is 31.0 Å². The summed E-state index contributed by atoms with van der Waals surface area (Å²) in [5.41, 5.74) is 0.613. The highest BCUT2D eigenvalue weighted by molar-refractivity contribution is 5.76. The molecule has 9 nitrogen and oxygen atoms in total. The smallest absolute Gasteiger partial charge is 0.224 e. The molecule has 0 bridgehead atoms. The Kier molecular flexibility index (Phi) is 5.14. The topological polar surface area (TPSA) is 105 Å². The predicted octanol–water partition coefficient (Wildman–Crippen LogP) is 2.34. The monoisotopic (exact) mass is 380 g/mol. The molecule has 28 heavy (non-hydrogen) atoms. The van der Waals surface area contributed by atoms with E-state index in [2.05, 4.69) is 48.5 Å². The Hall–Kier alpha value is -3.10. The molecule has 146 valence electrons. The van der Waals surface area contributed by atoms with Gasteiger partial charge < -0.3 is 9.47 Å². The lowest BCUT2D eigenvalue weighted by Gasteiger charge is -2.23. The molecule has 9 heteroatoms. The van der Waals surface area contributed by atoms with Gasteiger partial charge in [-0.15, -0.1) is 0 Å². The maximum absolute atomic E-state index is 12.9. The summed E-state index contributed by atoms with van der Waals surface area (Å²) in [6, 6.07) is -0.0715. The number of nitrogens with one attached hydrogen (secondary N) is 1. The number of aryl methyl sites for hydroxylation is 1. The minimum Gasteiger partial charge on any atom is -0.334 e. The number of aromatic nitrogens is 7. The van der Waals surface area contributed by atoms with E-state index in [4.69, 9.17) is 0 Å². The number of amides is 1. The largest absolute Gasteiger partial charge is 0.334 e. The van der Waals surface area contributed by atoms with Crippen LogP contribution in [0, 0.1) is 0 Å². The highest BCUT2D eigenvalue weighted by Crippen LogP contribution is 2.31. The van der Waals surface area contributed by atoms with Crippen LogP contribution in [0.2, 0.25) is 0 Å². The van der Waals surface area contributed by atoms with Crippen molar-refractivity contribution >= 4 is 5.91 Å². The molecule has 1 unspecified atom stereocenters. The number of hydrogen-bond acceptors (Lipinski definition) is 6. The summed E-state index contributed by atoms with van der Waals surface area (Å²) in [6.45, 7) is 5.59. The minimum atomic E-state index is -0.0715. The quantitative estimate of drug-likeness (QED) is 0.704. The standard InChI is InChI=1S/C19H24N8O/c1-13(2)19-22-8-11-26(19)10-5-16(28)27-9-3-4-15(27)18-23-17(24-25-18)14-12-20-6-7-21-14/h6-8,11-13,15H,3-5,9-10H2,1-2H3,(H,23,24,25). The molecular weight excluding hydrogens is 356 g/mol. The Morgan fingerprint density at radius 1 is 1.29 bits per heavy atom. The van der Waals surface area contributed by atoms with Crippen LogP contribution in [-0.2, 0) is 11.3 Å². The van der Waals surface area contributed by atoms with Crippen molar-refractivity contribution in [2.24, 2.45) is 0 Å². The van der Waals surface area contributed by atoms with Gasteiger partial charge in [-0.2, -0.15) is 5.10 Å². The van der Waals surface area contributed by atoms with Crippen molar-refractivity contribution in [3.05, 3.63) is 42.6 Å². The van der Waals surface area contributed by atoms with Crippen LogP contribution in [0.4, 0.5) is 0 Å². The number of rotatable bonds is 6. The number of aromatic amines is 1. The van der Waals surface area contributed by atoms with Crippen molar-refractivity contribution in [1.82, 2.24) is 39.6 Å². The van der Waals surface area contributed by atoms with Crippen LogP contribution in [0.3, 0.4) is 0 Å². The second-order valence-corrected chi connectivity index (χ2v) is 7.26. The Morgan fingerprint density at radius 3 is 2.96 bits per heavy atom. The van der Waals surface area contributed by atoms with Crippen LogP contribution >= 0.6 is 0 Å². The van der Waals surface area contributed by atoms with E-state index in [1.54, 1.807) is 24.8 Å². The van der Waals surface area contributed by atoms with E-state index in [1.807, 2.05) is 11.1 Å². The first kappa shape index (κ1) is 18.3. The van der Waals surface area contributed by atoms with Gasteiger partial charge in [0.2, 0.25) is 11.7 Å². The van der Waals surface area contributed by atoms with Gasteiger partial charge in [-0.3, -0.25) is 14.9 Å². The molecule has 1 fully saturated rings. The number of imidazole rings is 1. The van der Waals surface area contributed by atoms with Gasteiger partial charge in [0.15, 0.2) is 0 Å². The summed E-state index contributed by atoms with van der Waals surface area (Å²) in [5, 5.41) is 7.24. The van der Waals surface area contributed by atoms with Crippen molar-refractivity contribution in [1.29, 1.82) is 0 Å². The van der Waals surface area contributed by atoms with E-state index < -0.39 is 0 Å². The molecule has 4 heterocycles. The Morgan fingerprint density at radius 2 is 2.18 bits per heavy atom. The number of H-pyrrole nitrogens is 1. The fraction of sp³-hybridized carbons (Fsp3) is 0.474. The second kappa shape index (κ2) is 7.87. The van der Waals surface area contributed by atoms with Gasteiger partial charge in [-0.25, -0.2) is 15.0 Å². The molecule has 0 aromatic carbocycles. The highest BCUT2D eigenvalue weighted by Gasteiger charge is 2.32. The summed E-state index contributed by atoms with van der Waals surface area (Å²) in [4.78, 5) is 32.0. The van der Waals surface area contributed by atoms with Gasteiger partial charge in [-0.1, -0.05) is 13.8 Å². The van der Waals surface area contributed by atoms with Crippen LogP contribution < -0.4 is 0 Å². The van der Waals surface area contributed by atoms with Crippen LogP contribution in [0.5, 0.6) is 0 Å². The Labute approximate surface area is 163 Å². The van der Waals surface area contributed by atoms with Crippen molar-refractivity contribution < 1.29 is 4.79 Å². The van der Waals surface area contributed by atoms with Gasteiger partial charge in [0.25, 0.3) is 0 Å². The first-order valence-corrected chi connectivity index (χ1v) is 9.62. The lowest BCUT2D eigenvalue weighted by atomic mass is 10.2. The second-order valence-electron chi connectivity index (χ2n) is 7.26. The SMILES string of the molecule is CC(C)c1nccn1CCC(=O)N1CCCC1c1nc(-c2cnccn2)n[nH]1. The molecule has 0 spiro atoms. The normalized spacial score (nSPS) is 16.8. The Bertz CT molecular complexity index is 932.